The standard InChI is InChI=1S/C12H8BrClFN3O/c13-6-1-2-10(9(15)3-6)18-12(19)8-4-7(16)5-17-11(8)14/h1-5H,16H2,(H,18,19). The first-order valence-corrected chi connectivity index (χ1v) is 6.32. The molecule has 0 fully saturated rings. The summed E-state index contributed by atoms with van der Waals surface area (Å²) < 4.78 is 14.2. The van der Waals surface area contributed by atoms with Crippen LogP contribution in [0.15, 0.2) is 34.9 Å². The van der Waals surface area contributed by atoms with E-state index in [2.05, 4.69) is 26.2 Å². The molecule has 1 heterocycles. The van der Waals surface area contributed by atoms with Gasteiger partial charge in [-0.2, -0.15) is 0 Å². The van der Waals surface area contributed by atoms with Crippen LogP contribution in [0.4, 0.5) is 15.8 Å². The Morgan fingerprint density at radius 2 is 2.16 bits per heavy atom. The molecule has 0 radical (unpaired) electrons. The molecule has 1 amide bonds. The lowest BCUT2D eigenvalue weighted by molar-refractivity contribution is 0.102. The van der Waals surface area contributed by atoms with Crippen LogP contribution in [-0.2, 0) is 0 Å². The fraction of sp³-hybridized carbons (Fsp3) is 0. The van der Waals surface area contributed by atoms with Gasteiger partial charge in [0.15, 0.2) is 0 Å². The number of nitrogens with two attached hydrogens (primary N) is 1. The molecule has 0 spiro atoms. The van der Waals surface area contributed by atoms with E-state index in [1.807, 2.05) is 0 Å². The van der Waals surface area contributed by atoms with E-state index in [9.17, 15) is 9.18 Å². The van der Waals surface area contributed by atoms with Crippen LogP contribution >= 0.6 is 27.5 Å². The molecule has 1 aromatic carbocycles. The quantitative estimate of drug-likeness (QED) is 0.820. The number of carbonyl (C=O) groups is 1. The number of halogens is 3. The minimum absolute atomic E-state index is 0.00391. The van der Waals surface area contributed by atoms with E-state index in [1.54, 1.807) is 6.07 Å². The minimum atomic E-state index is -0.578. The SMILES string of the molecule is Nc1cnc(Cl)c(C(=O)Nc2ccc(Br)cc2F)c1. The van der Waals surface area contributed by atoms with Crippen LogP contribution in [0.5, 0.6) is 0 Å². The molecular formula is C12H8BrClFN3O. The number of hydrogen-bond acceptors (Lipinski definition) is 3. The summed E-state index contributed by atoms with van der Waals surface area (Å²) in [7, 11) is 0. The minimum Gasteiger partial charge on any atom is -0.397 e. The summed E-state index contributed by atoms with van der Waals surface area (Å²) in [6.07, 6.45) is 1.33. The van der Waals surface area contributed by atoms with E-state index in [0.717, 1.165) is 0 Å². The highest BCUT2D eigenvalue weighted by molar-refractivity contribution is 9.10. The largest absolute Gasteiger partial charge is 0.397 e. The molecule has 0 atom stereocenters. The number of amides is 1. The Labute approximate surface area is 121 Å². The van der Waals surface area contributed by atoms with Crippen LogP contribution in [-0.4, -0.2) is 10.9 Å². The second-order valence-corrected chi connectivity index (χ2v) is 4.96. The number of pyridine rings is 1. The van der Waals surface area contributed by atoms with Gasteiger partial charge in [-0.15, -0.1) is 0 Å². The smallest absolute Gasteiger partial charge is 0.258 e. The second-order valence-electron chi connectivity index (χ2n) is 3.69. The van der Waals surface area contributed by atoms with Crippen molar-refractivity contribution in [2.45, 2.75) is 0 Å². The van der Waals surface area contributed by atoms with E-state index in [4.69, 9.17) is 17.3 Å². The summed E-state index contributed by atoms with van der Waals surface area (Å²) in [4.78, 5) is 15.7. The Bertz CT molecular complexity index is 651. The van der Waals surface area contributed by atoms with Crippen LogP contribution < -0.4 is 11.1 Å². The summed E-state index contributed by atoms with van der Waals surface area (Å²) in [5.41, 5.74) is 5.96. The van der Waals surface area contributed by atoms with Crippen molar-refractivity contribution in [3.8, 4) is 0 Å². The second kappa shape index (κ2) is 5.54. The van der Waals surface area contributed by atoms with Crippen molar-refractivity contribution in [2.24, 2.45) is 0 Å². The third-order valence-corrected chi connectivity index (χ3v) is 3.08. The van der Waals surface area contributed by atoms with Gasteiger partial charge < -0.3 is 11.1 Å². The summed E-state index contributed by atoms with van der Waals surface area (Å²) in [5.74, 6) is -1.14. The monoisotopic (exact) mass is 343 g/mol. The van der Waals surface area contributed by atoms with Crippen molar-refractivity contribution >= 4 is 44.8 Å². The van der Waals surface area contributed by atoms with Gasteiger partial charge in [-0.1, -0.05) is 27.5 Å². The fourth-order valence-electron chi connectivity index (χ4n) is 1.40. The van der Waals surface area contributed by atoms with Crippen LogP contribution in [0.1, 0.15) is 10.4 Å². The van der Waals surface area contributed by atoms with Crippen molar-refractivity contribution in [1.82, 2.24) is 4.98 Å². The molecule has 0 aliphatic carbocycles. The molecular weight excluding hydrogens is 337 g/mol. The Morgan fingerprint density at radius 1 is 1.42 bits per heavy atom. The van der Waals surface area contributed by atoms with Gasteiger partial charge in [0.1, 0.15) is 11.0 Å². The maximum Gasteiger partial charge on any atom is 0.258 e. The van der Waals surface area contributed by atoms with Crippen LogP contribution in [0.3, 0.4) is 0 Å². The molecule has 0 aliphatic heterocycles. The lowest BCUT2D eigenvalue weighted by Crippen LogP contribution is -2.14. The molecule has 2 aromatic rings. The summed E-state index contributed by atoms with van der Waals surface area (Å²) in [5, 5.41) is 2.41. The van der Waals surface area contributed by atoms with Gasteiger partial charge in [0, 0.05) is 4.47 Å². The van der Waals surface area contributed by atoms with Crippen molar-refractivity contribution in [1.29, 1.82) is 0 Å². The van der Waals surface area contributed by atoms with Crippen LogP contribution in [0.2, 0.25) is 5.15 Å². The van der Waals surface area contributed by atoms with Crippen molar-refractivity contribution in [3.05, 3.63) is 51.5 Å². The number of anilines is 2. The highest BCUT2D eigenvalue weighted by Crippen LogP contribution is 2.22. The highest BCUT2D eigenvalue weighted by atomic mass is 79.9. The predicted molar refractivity (Wildman–Crippen MR) is 75.7 cm³/mol. The lowest BCUT2D eigenvalue weighted by Gasteiger charge is -2.08. The van der Waals surface area contributed by atoms with Crippen molar-refractivity contribution in [3.63, 3.8) is 0 Å². The van der Waals surface area contributed by atoms with E-state index >= 15 is 0 Å². The zero-order valence-electron chi connectivity index (χ0n) is 9.45. The Kier molecular flexibility index (Phi) is 4.01. The molecule has 0 unspecified atom stereocenters. The predicted octanol–water partition coefficient (Wildman–Crippen LogP) is 3.47. The van der Waals surface area contributed by atoms with Gasteiger partial charge >= 0.3 is 0 Å². The first-order chi connectivity index (χ1) is 8.97. The number of nitrogen functional groups attached to an aromatic ring is 1. The maximum atomic E-state index is 13.6. The van der Waals surface area contributed by atoms with Crippen molar-refractivity contribution in [2.75, 3.05) is 11.1 Å². The first kappa shape index (κ1) is 13.8. The van der Waals surface area contributed by atoms with E-state index in [0.29, 0.717) is 10.2 Å². The van der Waals surface area contributed by atoms with Gasteiger partial charge in [0.05, 0.1) is 23.1 Å². The van der Waals surface area contributed by atoms with Crippen LogP contribution in [0.25, 0.3) is 0 Å². The van der Waals surface area contributed by atoms with E-state index < -0.39 is 11.7 Å². The third kappa shape index (κ3) is 3.21. The van der Waals surface area contributed by atoms with E-state index in [-0.39, 0.29) is 16.4 Å². The molecule has 0 saturated heterocycles. The molecule has 3 N–H and O–H groups in total. The number of nitrogens with zero attached hydrogens (tertiary/aromatic N) is 1. The molecule has 0 aliphatic rings. The normalized spacial score (nSPS) is 10.3. The highest BCUT2D eigenvalue weighted by Gasteiger charge is 2.14. The number of carbonyl (C=O) groups excluding carboxylic acids is 1. The number of rotatable bonds is 2. The molecule has 1 aromatic heterocycles. The third-order valence-electron chi connectivity index (χ3n) is 2.28. The Hall–Kier alpha value is -1.66. The number of nitrogens with one attached hydrogen (secondary N) is 1. The topological polar surface area (TPSA) is 68.0 Å². The summed E-state index contributed by atoms with van der Waals surface area (Å²) in [6, 6.07) is 5.67. The lowest BCUT2D eigenvalue weighted by atomic mass is 10.2. The van der Waals surface area contributed by atoms with Gasteiger partial charge in [-0.3, -0.25) is 4.79 Å². The number of aromatic nitrogens is 1. The van der Waals surface area contributed by atoms with E-state index in [1.165, 1.54) is 24.4 Å². The Morgan fingerprint density at radius 3 is 2.84 bits per heavy atom. The molecule has 0 bridgehead atoms. The summed E-state index contributed by atoms with van der Waals surface area (Å²) >= 11 is 8.92. The molecule has 0 saturated carbocycles. The molecule has 2 rings (SSSR count). The molecule has 7 heteroatoms. The van der Waals surface area contributed by atoms with Crippen molar-refractivity contribution < 1.29 is 9.18 Å². The van der Waals surface area contributed by atoms with Crippen LogP contribution in [0, 0.1) is 5.82 Å². The molecule has 98 valence electrons. The zero-order chi connectivity index (χ0) is 14.0. The molecule has 19 heavy (non-hydrogen) atoms. The zero-order valence-corrected chi connectivity index (χ0v) is 11.8. The number of benzene rings is 1. The van der Waals surface area contributed by atoms with Gasteiger partial charge in [-0.25, -0.2) is 9.37 Å². The fourth-order valence-corrected chi connectivity index (χ4v) is 1.93. The average molecular weight is 345 g/mol. The average Bonchev–Trinajstić information content (AvgIpc) is 2.35. The Balaban J connectivity index is 2.28. The summed E-state index contributed by atoms with van der Waals surface area (Å²) in [6.45, 7) is 0. The number of hydrogen-bond donors (Lipinski definition) is 2. The first-order valence-electron chi connectivity index (χ1n) is 5.15. The van der Waals surface area contributed by atoms with Gasteiger partial charge in [0.25, 0.3) is 5.91 Å². The van der Waals surface area contributed by atoms with Gasteiger partial charge in [-0.05, 0) is 24.3 Å². The molecule has 4 nitrogen and oxygen atoms in total. The maximum absolute atomic E-state index is 13.6. The van der Waals surface area contributed by atoms with Gasteiger partial charge in [0.2, 0.25) is 0 Å².